The zero-order valence-corrected chi connectivity index (χ0v) is 9.83. The van der Waals surface area contributed by atoms with Crippen LogP contribution in [0.1, 0.15) is 38.8 Å². The van der Waals surface area contributed by atoms with Gasteiger partial charge in [0, 0.05) is 6.04 Å². The fourth-order valence-corrected chi connectivity index (χ4v) is 2.29. The second-order valence-corrected chi connectivity index (χ2v) is 4.50. The van der Waals surface area contributed by atoms with Gasteiger partial charge in [0.2, 0.25) is 0 Å². The van der Waals surface area contributed by atoms with Crippen molar-refractivity contribution in [3.05, 3.63) is 17.8 Å². The van der Waals surface area contributed by atoms with Crippen LogP contribution in [0, 0.1) is 11.7 Å². The lowest BCUT2D eigenvalue weighted by atomic mass is 10.1. The summed E-state index contributed by atoms with van der Waals surface area (Å²) in [5.41, 5.74) is 0.489. The number of aromatic nitrogens is 2. The molecular formula is C12H18FN3. The van der Waals surface area contributed by atoms with Crippen LogP contribution in [0.15, 0.2) is 6.33 Å². The molecule has 16 heavy (non-hydrogen) atoms. The number of aryl methyl sites for hydroxylation is 1. The van der Waals surface area contributed by atoms with Gasteiger partial charge in [-0.1, -0.05) is 20.3 Å². The van der Waals surface area contributed by atoms with Gasteiger partial charge >= 0.3 is 0 Å². The molecule has 1 heterocycles. The number of hydrogen-bond donors (Lipinski definition) is 1. The minimum absolute atomic E-state index is 0.288. The predicted molar refractivity (Wildman–Crippen MR) is 61.8 cm³/mol. The maximum absolute atomic E-state index is 13.9. The van der Waals surface area contributed by atoms with Crippen molar-refractivity contribution in [2.24, 2.45) is 5.92 Å². The van der Waals surface area contributed by atoms with Gasteiger partial charge in [0.05, 0.1) is 5.69 Å². The molecule has 1 fully saturated rings. The van der Waals surface area contributed by atoms with Gasteiger partial charge < -0.3 is 5.32 Å². The minimum Gasteiger partial charge on any atom is -0.365 e. The lowest BCUT2D eigenvalue weighted by molar-refractivity contribution is 0.542. The number of halogens is 1. The summed E-state index contributed by atoms with van der Waals surface area (Å²) in [5, 5.41) is 3.21. The Morgan fingerprint density at radius 2 is 2.25 bits per heavy atom. The van der Waals surface area contributed by atoms with Crippen LogP contribution in [0.25, 0.3) is 0 Å². The molecule has 0 aromatic carbocycles. The molecule has 2 atom stereocenters. The van der Waals surface area contributed by atoms with Crippen LogP contribution in [0.3, 0.4) is 0 Å². The summed E-state index contributed by atoms with van der Waals surface area (Å²) in [6.45, 7) is 4.10. The van der Waals surface area contributed by atoms with E-state index in [-0.39, 0.29) is 5.82 Å². The van der Waals surface area contributed by atoms with Crippen LogP contribution in [0.2, 0.25) is 0 Å². The first-order valence-corrected chi connectivity index (χ1v) is 5.98. The second kappa shape index (κ2) is 4.76. The fraction of sp³-hybridized carbons (Fsp3) is 0.667. The molecule has 1 aromatic rings. The average molecular weight is 223 g/mol. The summed E-state index contributed by atoms with van der Waals surface area (Å²) in [7, 11) is 0. The topological polar surface area (TPSA) is 37.8 Å². The quantitative estimate of drug-likeness (QED) is 0.856. The van der Waals surface area contributed by atoms with Crippen LogP contribution in [-0.2, 0) is 6.42 Å². The fourth-order valence-electron chi connectivity index (χ4n) is 2.29. The first kappa shape index (κ1) is 11.3. The Bertz CT molecular complexity index is 367. The van der Waals surface area contributed by atoms with Crippen molar-refractivity contribution in [1.82, 2.24) is 9.97 Å². The molecule has 0 amide bonds. The van der Waals surface area contributed by atoms with Crippen LogP contribution in [0.5, 0.6) is 0 Å². The maximum Gasteiger partial charge on any atom is 0.186 e. The van der Waals surface area contributed by atoms with E-state index in [1.54, 1.807) is 0 Å². The standard InChI is InChI=1S/C12H18FN3/c1-3-9-11(13)12(15-7-14-9)16-10-6-4-5-8(10)2/h7-8,10H,3-6H2,1-2H3,(H,14,15,16). The Kier molecular flexibility index (Phi) is 3.36. The first-order valence-electron chi connectivity index (χ1n) is 5.98. The largest absolute Gasteiger partial charge is 0.365 e. The third kappa shape index (κ3) is 2.15. The van der Waals surface area contributed by atoms with Crippen molar-refractivity contribution < 1.29 is 4.39 Å². The van der Waals surface area contributed by atoms with Gasteiger partial charge in [0.15, 0.2) is 11.6 Å². The van der Waals surface area contributed by atoms with Crippen molar-refractivity contribution in [1.29, 1.82) is 0 Å². The molecule has 88 valence electrons. The van der Waals surface area contributed by atoms with E-state index in [0.29, 0.717) is 29.9 Å². The highest BCUT2D eigenvalue weighted by atomic mass is 19.1. The second-order valence-electron chi connectivity index (χ2n) is 4.50. The Balaban J connectivity index is 2.14. The van der Waals surface area contributed by atoms with Gasteiger partial charge in [-0.15, -0.1) is 0 Å². The first-order chi connectivity index (χ1) is 7.72. The minimum atomic E-state index is -0.288. The monoisotopic (exact) mass is 223 g/mol. The number of hydrogen-bond acceptors (Lipinski definition) is 3. The molecule has 1 saturated carbocycles. The highest BCUT2D eigenvalue weighted by Gasteiger charge is 2.24. The van der Waals surface area contributed by atoms with Crippen molar-refractivity contribution >= 4 is 5.82 Å². The van der Waals surface area contributed by atoms with E-state index < -0.39 is 0 Å². The van der Waals surface area contributed by atoms with Crippen molar-refractivity contribution in [2.75, 3.05) is 5.32 Å². The third-order valence-corrected chi connectivity index (χ3v) is 3.38. The van der Waals surface area contributed by atoms with Gasteiger partial charge in [-0.2, -0.15) is 0 Å². The normalized spacial score (nSPS) is 24.7. The van der Waals surface area contributed by atoms with E-state index in [0.717, 1.165) is 6.42 Å². The predicted octanol–water partition coefficient (Wildman–Crippen LogP) is 2.78. The van der Waals surface area contributed by atoms with Gasteiger partial charge in [-0.3, -0.25) is 0 Å². The Morgan fingerprint density at radius 3 is 2.88 bits per heavy atom. The zero-order chi connectivity index (χ0) is 11.5. The van der Waals surface area contributed by atoms with Gasteiger partial charge in [-0.25, -0.2) is 14.4 Å². The molecule has 2 rings (SSSR count). The van der Waals surface area contributed by atoms with Crippen LogP contribution in [0.4, 0.5) is 10.2 Å². The van der Waals surface area contributed by atoms with Crippen molar-refractivity contribution in [3.8, 4) is 0 Å². The third-order valence-electron chi connectivity index (χ3n) is 3.38. The smallest absolute Gasteiger partial charge is 0.186 e. The molecule has 1 aliphatic rings. The Labute approximate surface area is 95.5 Å². The SMILES string of the molecule is CCc1ncnc(NC2CCCC2C)c1F. The molecule has 1 N–H and O–H groups in total. The summed E-state index contributed by atoms with van der Waals surface area (Å²) in [5.74, 6) is 0.675. The Morgan fingerprint density at radius 1 is 1.44 bits per heavy atom. The molecule has 0 spiro atoms. The molecule has 4 heteroatoms. The van der Waals surface area contributed by atoms with Gasteiger partial charge in [0.25, 0.3) is 0 Å². The van der Waals surface area contributed by atoms with Crippen LogP contribution >= 0.6 is 0 Å². The average Bonchev–Trinajstić information content (AvgIpc) is 2.68. The molecule has 0 saturated heterocycles. The molecule has 2 unspecified atom stereocenters. The van der Waals surface area contributed by atoms with E-state index in [4.69, 9.17) is 0 Å². The van der Waals surface area contributed by atoms with E-state index in [9.17, 15) is 4.39 Å². The molecule has 0 radical (unpaired) electrons. The van der Waals surface area contributed by atoms with Gasteiger partial charge in [0.1, 0.15) is 6.33 Å². The molecule has 3 nitrogen and oxygen atoms in total. The highest BCUT2D eigenvalue weighted by Crippen LogP contribution is 2.28. The molecule has 0 bridgehead atoms. The van der Waals surface area contributed by atoms with Gasteiger partial charge in [-0.05, 0) is 25.2 Å². The highest BCUT2D eigenvalue weighted by molar-refractivity contribution is 5.38. The van der Waals surface area contributed by atoms with Crippen LogP contribution < -0.4 is 5.32 Å². The van der Waals surface area contributed by atoms with E-state index in [2.05, 4.69) is 22.2 Å². The van der Waals surface area contributed by atoms with E-state index in [1.807, 2.05) is 6.92 Å². The zero-order valence-electron chi connectivity index (χ0n) is 9.83. The molecule has 1 aromatic heterocycles. The summed E-state index contributed by atoms with van der Waals surface area (Å²) in [6.07, 6.45) is 5.57. The lowest BCUT2D eigenvalue weighted by Crippen LogP contribution is -2.23. The maximum atomic E-state index is 13.9. The molecule has 1 aliphatic carbocycles. The summed E-state index contributed by atoms with van der Waals surface area (Å²) < 4.78 is 13.9. The lowest BCUT2D eigenvalue weighted by Gasteiger charge is -2.18. The number of rotatable bonds is 3. The van der Waals surface area contributed by atoms with Crippen LogP contribution in [-0.4, -0.2) is 16.0 Å². The molecule has 0 aliphatic heterocycles. The number of anilines is 1. The van der Waals surface area contributed by atoms with Crippen molar-refractivity contribution in [3.63, 3.8) is 0 Å². The Hall–Kier alpha value is -1.19. The number of nitrogens with zero attached hydrogens (tertiary/aromatic N) is 2. The van der Waals surface area contributed by atoms with E-state index >= 15 is 0 Å². The molecular weight excluding hydrogens is 205 g/mol. The van der Waals surface area contributed by atoms with Crippen molar-refractivity contribution in [2.45, 2.75) is 45.6 Å². The summed E-state index contributed by atoms with van der Waals surface area (Å²) in [6, 6.07) is 0.356. The number of nitrogens with one attached hydrogen (secondary N) is 1. The summed E-state index contributed by atoms with van der Waals surface area (Å²) in [4.78, 5) is 7.91. The summed E-state index contributed by atoms with van der Waals surface area (Å²) >= 11 is 0. The van der Waals surface area contributed by atoms with E-state index in [1.165, 1.54) is 19.2 Å².